The fourth-order valence-electron chi connectivity index (χ4n) is 2.09. The predicted molar refractivity (Wildman–Crippen MR) is 77.9 cm³/mol. The average molecular weight is 270 g/mol. The van der Waals surface area contributed by atoms with Crippen LogP contribution in [0.15, 0.2) is 46.2 Å². The van der Waals surface area contributed by atoms with Crippen LogP contribution in [0.5, 0.6) is 0 Å². The zero-order valence-corrected chi connectivity index (χ0v) is 10.9. The fraction of sp³-hybridized carbons (Fsp3) is 0.143. The van der Waals surface area contributed by atoms with Gasteiger partial charge in [0.25, 0.3) is 0 Å². The van der Waals surface area contributed by atoms with E-state index in [1.54, 1.807) is 12.1 Å². The van der Waals surface area contributed by atoms with E-state index in [-0.39, 0.29) is 0 Å². The van der Waals surface area contributed by atoms with Gasteiger partial charge in [0.1, 0.15) is 0 Å². The van der Waals surface area contributed by atoms with E-state index in [0.29, 0.717) is 17.6 Å². The smallest absolute Gasteiger partial charge is 0.314 e. The molecule has 1 aromatic carbocycles. The molecular weight excluding hydrogens is 256 g/mol. The molecule has 0 aliphatic rings. The van der Waals surface area contributed by atoms with Gasteiger partial charge in [0.05, 0.1) is 11.0 Å². The molecule has 0 fully saturated rings. The number of hydrogen-bond donors (Lipinski definition) is 3. The number of benzene rings is 1. The monoisotopic (exact) mass is 270 g/mol. The Morgan fingerprint density at radius 1 is 1.10 bits per heavy atom. The minimum Gasteiger partial charge on any atom is -0.381 e. The summed E-state index contributed by atoms with van der Waals surface area (Å²) in [6, 6.07) is 7.46. The van der Waals surface area contributed by atoms with E-state index in [2.05, 4.69) is 15.3 Å². The second-order valence-electron chi connectivity index (χ2n) is 4.71. The van der Waals surface area contributed by atoms with Crippen molar-refractivity contribution in [3.63, 3.8) is 0 Å². The predicted octanol–water partition coefficient (Wildman–Crippen LogP) is 1.17. The lowest BCUT2D eigenvalue weighted by atomic mass is 10.2. The zero-order valence-electron chi connectivity index (χ0n) is 10.9. The Balaban J connectivity index is 1.87. The molecule has 0 saturated heterocycles. The molecule has 0 aliphatic carbocycles. The Morgan fingerprint density at radius 3 is 2.55 bits per heavy atom. The molecule has 0 bridgehead atoms. The number of nitrogens with one attached hydrogen (secondary N) is 3. The number of aromatic nitrogens is 3. The Labute approximate surface area is 114 Å². The molecule has 0 unspecified atom stereocenters. The van der Waals surface area contributed by atoms with Crippen LogP contribution >= 0.6 is 0 Å². The first-order valence-corrected chi connectivity index (χ1v) is 6.23. The molecule has 2 aromatic heterocycles. The molecular formula is C14H14N4O2. The van der Waals surface area contributed by atoms with Crippen LogP contribution in [0.4, 0.5) is 5.69 Å². The van der Waals surface area contributed by atoms with Gasteiger partial charge in [-0.3, -0.25) is 9.59 Å². The molecule has 0 atom stereocenters. The van der Waals surface area contributed by atoms with E-state index in [1.807, 2.05) is 36.1 Å². The van der Waals surface area contributed by atoms with Gasteiger partial charge in [-0.25, -0.2) is 0 Å². The molecule has 6 heteroatoms. The second kappa shape index (κ2) is 4.73. The first-order chi connectivity index (χ1) is 9.61. The highest BCUT2D eigenvalue weighted by Gasteiger charge is 2.01. The van der Waals surface area contributed by atoms with Crippen LogP contribution in [0.25, 0.3) is 11.0 Å². The molecule has 0 saturated carbocycles. The molecule has 0 amide bonds. The van der Waals surface area contributed by atoms with Crippen molar-refractivity contribution in [1.29, 1.82) is 0 Å². The minimum absolute atomic E-state index is 0.604. The molecule has 3 rings (SSSR count). The van der Waals surface area contributed by atoms with Gasteiger partial charge >= 0.3 is 11.1 Å². The molecule has 6 nitrogen and oxygen atoms in total. The lowest BCUT2D eigenvalue weighted by Crippen LogP contribution is -2.28. The molecule has 3 N–H and O–H groups in total. The highest BCUT2D eigenvalue weighted by atomic mass is 16.2. The molecule has 102 valence electrons. The van der Waals surface area contributed by atoms with E-state index in [9.17, 15) is 9.59 Å². The summed E-state index contributed by atoms with van der Waals surface area (Å²) in [7, 11) is 1.97. The Kier molecular flexibility index (Phi) is 2.90. The topological polar surface area (TPSA) is 82.7 Å². The minimum atomic E-state index is -0.641. The van der Waals surface area contributed by atoms with Gasteiger partial charge in [0.15, 0.2) is 0 Å². The highest BCUT2D eigenvalue weighted by Crippen LogP contribution is 2.14. The molecule has 0 spiro atoms. The van der Waals surface area contributed by atoms with Crippen molar-refractivity contribution < 1.29 is 0 Å². The highest BCUT2D eigenvalue weighted by molar-refractivity contribution is 5.78. The maximum absolute atomic E-state index is 11.3. The standard InChI is InChI=1S/C14H14N4O2/c1-18-5-4-9(8-18)7-15-10-2-3-11-12(6-10)17-14(20)13(19)16-11/h2-6,8,15H,7H2,1H3,(H,16,19)(H,17,20). The first-order valence-electron chi connectivity index (χ1n) is 6.23. The van der Waals surface area contributed by atoms with E-state index in [0.717, 1.165) is 5.69 Å². The van der Waals surface area contributed by atoms with E-state index >= 15 is 0 Å². The maximum atomic E-state index is 11.3. The van der Waals surface area contributed by atoms with Crippen molar-refractivity contribution in [2.45, 2.75) is 6.54 Å². The number of anilines is 1. The molecule has 3 aromatic rings. The number of fused-ring (bicyclic) bond motifs is 1. The van der Waals surface area contributed by atoms with E-state index < -0.39 is 11.1 Å². The molecule has 20 heavy (non-hydrogen) atoms. The van der Waals surface area contributed by atoms with Crippen molar-refractivity contribution in [1.82, 2.24) is 14.5 Å². The third-order valence-electron chi connectivity index (χ3n) is 3.11. The Hall–Kier alpha value is -2.76. The number of H-pyrrole nitrogens is 2. The van der Waals surface area contributed by atoms with E-state index in [4.69, 9.17) is 0 Å². The SMILES string of the molecule is Cn1ccc(CNc2ccc3[nH]c(=O)c(=O)[nH]c3c2)c1. The number of hydrogen-bond acceptors (Lipinski definition) is 3. The summed E-state index contributed by atoms with van der Waals surface area (Å²) in [6.45, 7) is 0.694. The van der Waals surface area contributed by atoms with Crippen molar-refractivity contribution in [3.8, 4) is 0 Å². The molecule has 0 radical (unpaired) electrons. The number of aryl methyl sites for hydroxylation is 1. The van der Waals surface area contributed by atoms with Crippen LogP contribution in [0.3, 0.4) is 0 Å². The summed E-state index contributed by atoms with van der Waals surface area (Å²) in [4.78, 5) is 27.6. The lowest BCUT2D eigenvalue weighted by molar-refractivity contribution is 0.920. The third kappa shape index (κ3) is 2.35. The van der Waals surface area contributed by atoms with Gasteiger partial charge in [0.2, 0.25) is 0 Å². The van der Waals surface area contributed by atoms with Crippen LogP contribution in [0, 0.1) is 0 Å². The number of rotatable bonds is 3. The van der Waals surface area contributed by atoms with Gasteiger partial charge in [-0.2, -0.15) is 0 Å². The summed E-state index contributed by atoms with van der Waals surface area (Å²) < 4.78 is 1.99. The second-order valence-corrected chi connectivity index (χ2v) is 4.71. The quantitative estimate of drug-likeness (QED) is 0.625. The van der Waals surface area contributed by atoms with Gasteiger partial charge in [-0.15, -0.1) is 0 Å². The Morgan fingerprint density at radius 2 is 1.85 bits per heavy atom. The number of nitrogens with zero attached hydrogens (tertiary/aromatic N) is 1. The van der Waals surface area contributed by atoms with Crippen molar-refractivity contribution >= 4 is 16.7 Å². The normalized spacial score (nSPS) is 10.8. The van der Waals surface area contributed by atoms with Crippen molar-refractivity contribution in [2.24, 2.45) is 7.05 Å². The fourth-order valence-corrected chi connectivity index (χ4v) is 2.09. The lowest BCUT2D eigenvalue weighted by Gasteiger charge is -2.06. The van der Waals surface area contributed by atoms with Gasteiger partial charge in [-0.1, -0.05) is 0 Å². The summed E-state index contributed by atoms with van der Waals surface area (Å²) in [5, 5.41) is 3.27. The summed E-state index contributed by atoms with van der Waals surface area (Å²) >= 11 is 0. The Bertz CT molecular complexity index is 873. The largest absolute Gasteiger partial charge is 0.381 e. The van der Waals surface area contributed by atoms with Crippen LogP contribution in [0.1, 0.15) is 5.56 Å². The average Bonchev–Trinajstić information content (AvgIpc) is 2.84. The van der Waals surface area contributed by atoms with Gasteiger partial charge in [-0.05, 0) is 29.8 Å². The zero-order chi connectivity index (χ0) is 14.1. The van der Waals surface area contributed by atoms with Crippen LogP contribution < -0.4 is 16.4 Å². The van der Waals surface area contributed by atoms with Gasteiger partial charge < -0.3 is 19.9 Å². The van der Waals surface area contributed by atoms with Crippen molar-refractivity contribution in [2.75, 3.05) is 5.32 Å². The van der Waals surface area contributed by atoms with Crippen LogP contribution in [0.2, 0.25) is 0 Å². The number of aromatic amines is 2. The summed E-state index contributed by atoms with van der Waals surface area (Å²) in [5.74, 6) is 0. The summed E-state index contributed by atoms with van der Waals surface area (Å²) in [6.07, 6.45) is 4.02. The maximum Gasteiger partial charge on any atom is 0.314 e. The van der Waals surface area contributed by atoms with Crippen LogP contribution in [-0.4, -0.2) is 14.5 Å². The first kappa shape index (κ1) is 12.3. The van der Waals surface area contributed by atoms with Crippen molar-refractivity contribution in [3.05, 3.63) is 62.9 Å². The summed E-state index contributed by atoms with van der Waals surface area (Å²) in [5.41, 5.74) is 1.99. The molecule has 2 heterocycles. The molecule has 0 aliphatic heterocycles. The van der Waals surface area contributed by atoms with E-state index in [1.165, 1.54) is 5.56 Å². The van der Waals surface area contributed by atoms with Gasteiger partial charge in [0, 0.05) is 31.7 Å². The van der Waals surface area contributed by atoms with Crippen LogP contribution in [-0.2, 0) is 13.6 Å². The third-order valence-corrected chi connectivity index (χ3v) is 3.11.